The van der Waals surface area contributed by atoms with E-state index < -0.39 is 34.9 Å². The fourth-order valence-electron chi connectivity index (χ4n) is 2.75. The number of furan rings is 1. The van der Waals surface area contributed by atoms with Crippen molar-refractivity contribution in [1.29, 1.82) is 0 Å². The van der Waals surface area contributed by atoms with Gasteiger partial charge in [-0.2, -0.15) is 4.39 Å². The quantitative estimate of drug-likeness (QED) is 0.382. The molecule has 29 heavy (non-hydrogen) atoms. The second kappa shape index (κ2) is 8.09. The van der Waals surface area contributed by atoms with Crippen molar-refractivity contribution in [3.8, 4) is 0 Å². The standard InChI is InChI=1S/C20H17FN2O6/c1-11-5-15-13(9-28-18(15)6-12(11)2)7-20(25)29-10-19(24)22-14-3-4-16(21)17(8-14)23(26)27/h3-6,8-9H,7,10H2,1-2H3,(H,22,24). The van der Waals surface area contributed by atoms with Crippen LogP contribution in [0.3, 0.4) is 0 Å². The number of hydrogen-bond donors (Lipinski definition) is 1. The van der Waals surface area contributed by atoms with E-state index in [2.05, 4.69) is 5.32 Å². The van der Waals surface area contributed by atoms with Gasteiger partial charge in [-0.15, -0.1) is 0 Å². The predicted molar refractivity (Wildman–Crippen MR) is 102 cm³/mol. The Kier molecular flexibility index (Phi) is 5.58. The number of anilines is 1. The molecule has 9 heteroatoms. The van der Waals surface area contributed by atoms with Gasteiger partial charge in [-0.3, -0.25) is 19.7 Å². The number of ether oxygens (including phenoxy) is 1. The normalized spacial score (nSPS) is 10.7. The summed E-state index contributed by atoms with van der Waals surface area (Å²) in [5.41, 5.74) is 2.68. The molecule has 0 radical (unpaired) electrons. The number of halogens is 1. The zero-order valence-corrected chi connectivity index (χ0v) is 15.7. The molecule has 0 bridgehead atoms. The smallest absolute Gasteiger partial charge is 0.310 e. The highest BCUT2D eigenvalue weighted by molar-refractivity contribution is 5.93. The number of nitro groups is 1. The Morgan fingerprint density at radius 1 is 1.21 bits per heavy atom. The van der Waals surface area contributed by atoms with Gasteiger partial charge in [0.25, 0.3) is 5.91 Å². The van der Waals surface area contributed by atoms with Crippen LogP contribution in [0, 0.1) is 29.8 Å². The lowest BCUT2D eigenvalue weighted by molar-refractivity contribution is -0.387. The first-order valence-electron chi connectivity index (χ1n) is 8.61. The number of carbonyl (C=O) groups is 2. The number of esters is 1. The fourth-order valence-corrected chi connectivity index (χ4v) is 2.75. The lowest BCUT2D eigenvalue weighted by Crippen LogP contribution is -2.21. The van der Waals surface area contributed by atoms with Crippen molar-refractivity contribution < 1.29 is 28.1 Å². The van der Waals surface area contributed by atoms with E-state index in [1.165, 1.54) is 12.3 Å². The Balaban J connectivity index is 1.58. The van der Waals surface area contributed by atoms with Gasteiger partial charge in [-0.05, 0) is 49.2 Å². The third-order valence-corrected chi connectivity index (χ3v) is 4.40. The Morgan fingerprint density at radius 2 is 1.93 bits per heavy atom. The first-order chi connectivity index (χ1) is 13.7. The van der Waals surface area contributed by atoms with E-state index in [9.17, 15) is 24.1 Å². The van der Waals surface area contributed by atoms with Crippen LogP contribution >= 0.6 is 0 Å². The summed E-state index contributed by atoms with van der Waals surface area (Å²) in [4.78, 5) is 33.8. The topological polar surface area (TPSA) is 112 Å². The Morgan fingerprint density at radius 3 is 2.66 bits per heavy atom. The van der Waals surface area contributed by atoms with Gasteiger partial charge in [-0.1, -0.05) is 0 Å². The molecule has 2 aromatic carbocycles. The van der Waals surface area contributed by atoms with Crippen molar-refractivity contribution in [1.82, 2.24) is 0 Å². The molecular weight excluding hydrogens is 383 g/mol. The maximum atomic E-state index is 13.3. The van der Waals surface area contributed by atoms with Crippen molar-refractivity contribution >= 4 is 34.2 Å². The van der Waals surface area contributed by atoms with E-state index in [4.69, 9.17) is 9.15 Å². The van der Waals surface area contributed by atoms with Crippen LogP contribution in [0.25, 0.3) is 11.0 Å². The van der Waals surface area contributed by atoms with E-state index in [0.29, 0.717) is 11.1 Å². The number of amides is 1. The van der Waals surface area contributed by atoms with E-state index in [1.54, 1.807) is 0 Å². The monoisotopic (exact) mass is 400 g/mol. The highest BCUT2D eigenvalue weighted by atomic mass is 19.1. The van der Waals surface area contributed by atoms with Gasteiger partial charge in [0.15, 0.2) is 6.61 Å². The molecule has 0 aliphatic rings. The summed E-state index contributed by atoms with van der Waals surface area (Å²) in [7, 11) is 0. The SMILES string of the molecule is Cc1cc2occ(CC(=O)OCC(=O)Nc3ccc(F)c([N+](=O)[O-])c3)c2cc1C. The van der Waals surface area contributed by atoms with Crippen LogP contribution in [0.15, 0.2) is 41.0 Å². The highest BCUT2D eigenvalue weighted by Gasteiger charge is 2.17. The van der Waals surface area contributed by atoms with Crippen LogP contribution in [-0.4, -0.2) is 23.4 Å². The van der Waals surface area contributed by atoms with Crippen molar-refractivity contribution in [3.05, 3.63) is 69.2 Å². The molecule has 0 unspecified atom stereocenters. The van der Waals surface area contributed by atoms with Crippen LogP contribution in [0.5, 0.6) is 0 Å². The third kappa shape index (κ3) is 4.57. The van der Waals surface area contributed by atoms with Gasteiger partial charge in [-0.25, -0.2) is 0 Å². The van der Waals surface area contributed by atoms with Gasteiger partial charge < -0.3 is 14.5 Å². The molecule has 150 valence electrons. The number of hydrogen-bond acceptors (Lipinski definition) is 6. The van der Waals surface area contributed by atoms with Crippen LogP contribution in [0.1, 0.15) is 16.7 Å². The highest BCUT2D eigenvalue weighted by Crippen LogP contribution is 2.25. The lowest BCUT2D eigenvalue weighted by atomic mass is 10.0. The zero-order chi connectivity index (χ0) is 21.1. The van der Waals surface area contributed by atoms with Crippen molar-refractivity contribution in [2.45, 2.75) is 20.3 Å². The van der Waals surface area contributed by atoms with Gasteiger partial charge >= 0.3 is 11.7 Å². The van der Waals surface area contributed by atoms with E-state index >= 15 is 0 Å². The minimum absolute atomic E-state index is 0.0193. The summed E-state index contributed by atoms with van der Waals surface area (Å²) >= 11 is 0. The van der Waals surface area contributed by atoms with Gasteiger partial charge in [0.2, 0.25) is 5.82 Å². The minimum atomic E-state index is -1.02. The van der Waals surface area contributed by atoms with Crippen molar-refractivity contribution in [2.24, 2.45) is 0 Å². The summed E-state index contributed by atoms with van der Waals surface area (Å²) < 4.78 is 23.7. The molecule has 1 heterocycles. The molecule has 0 saturated heterocycles. The fraction of sp³-hybridized carbons (Fsp3) is 0.200. The predicted octanol–water partition coefficient (Wildman–Crippen LogP) is 3.82. The van der Waals surface area contributed by atoms with Crippen LogP contribution in [0.4, 0.5) is 15.8 Å². The average molecular weight is 400 g/mol. The van der Waals surface area contributed by atoms with Gasteiger partial charge in [0.1, 0.15) is 5.58 Å². The third-order valence-electron chi connectivity index (χ3n) is 4.40. The molecule has 0 atom stereocenters. The number of fused-ring (bicyclic) bond motifs is 1. The number of rotatable bonds is 6. The molecule has 3 rings (SSSR count). The van der Waals surface area contributed by atoms with Gasteiger partial charge in [0.05, 0.1) is 17.6 Å². The maximum Gasteiger partial charge on any atom is 0.310 e. The van der Waals surface area contributed by atoms with Crippen molar-refractivity contribution in [2.75, 3.05) is 11.9 Å². The summed E-state index contributed by atoms with van der Waals surface area (Å²) in [6, 6.07) is 6.73. The Bertz CT molecular complexity index is 1120. The lowest BCUT2D eigenvalue weighted by Gasteiger charge is -2.07. The number of nitrogens with one attached hydrogen (secondary N) is 1. The number of nitro benzene ring substituents is 1. The van der Waals surface area contributed by atoms with E-state index in [-0.39, 0.29) is 12.1 Å². The summed E-state index contributed by atoms with van der Waals surface area (Å²) in [6.07, 6.45) is 1.40. The summed E-state index contributed by atoms with van der Waals surface area (Å²) in [5.74, 6) is -2.36. The molecule has 0 aliphatic carbocycles. The van der Waals surface area contributed by atoms with Crippen LogP contribution < -0.4 is 5.32 Å². The van der Waals surface area contributed by atoms with Crippen LogP contribution in [0.2, 0.25) is 0 Å². The Labute approximate surface area is 164 Å². The summed E-state index contributed by atoms with van der Waals surface area (Å²) in [6.45, 7) is 3.32. The number of aryl methyl sites for hydroxylation is 2. The van der Waals surface area contributed by atoms with Crippen molar-refractivity contribution in [3.63, 3.8) is 0 Å². The summed E-state index contributed by atoms with van der Waals surface area (Å²) in [5, 5.41) is 13.9. The second-order valence-electron chi connectivity index (χ2n) is 6.50. The maximum absolute atomic E-state index is 13.3. The van der Waals surface area contributed by atoms with Gasteiger partial charge in [0, 0.05) is 22.7 Å². The zero-order valence-electron chi connectivity index (χ0n) is 15.7. The number of carbonyl (C=O) groups excluding carboxylic acids is 2. The molecule has 0 spiro atoms. The molecular formula is C20H17FN2O6. The molecule has 8 nitrogen and oxygen atoms in total. The molecule has 1 aromatic heterocycles. The first-order valence-corrected chi connectivity index (χ1v) is 8.61. The largest absolute Gasteiger partial charge is 0.464 e. The molecule has 3 aromatic rings. The molecule has 0 fully saturated rings. The Hall–Kier alpha value is -3.75. The van der Waals surface area contributed by atoms with E-state index in [0.717, 1.165) is 28.6 Å². The minimum Gasteiger partial charge on any atom is -0.464 e. The first kappa shape index (κ1) is 20.0. The average Bonchev–Trinajstić information content (AvgIpc) is 3.03. The number of nitrogens with zero attached hydrogens (tertiary/aromatic N) is 1. The van der Waals surface area contributed by atoms with Crippen LogP contribution in [-0.2, 0) is 20.7 Å². The van der Waals surface area contributed by atoms with E-state index in [1.807, 2.05) is 26.0 Å². The number of benzene rings is 2. The molecule has 1 N–H and O–H groups in total. The molecule has 1 amide bonds. The second-order valence-corrected chi connectivity index (χ2v) is 6.50. The molecule has 0 saturated carbocycles. The molecule has 0 aliphatic heterocycles.